The molecule has 0 heterocycles. The number of carbonyl (C=O) groups is 4. The lowest BCUT2D eigenvalue weighted by molar-refractivity contribution is -0.139. The van der Waals surface area contributed by atoms with Gasteiger partial charge in [-0.05, 0) is 43.2 Å². The molecular weight excluding hydrogens is 450 g/mol. The van der Waals surface area contributed by atoms with Crippen LogP contribution in [0.25, 0.3) is 0 Å². The molecule has 0 aliphatic rings. The molecule has 0 radical (unpaired) electrons. The highest BCUT2D eigenvalue weighted by atomic mass is 16.7. The van der Waals surface area contributed by atoms with Gasteiger partial charge in [0.15, 0.2) is 11.5 Å². The molecule has 0 amide bonds. The molecule has 2 aromatic rings. The van der Waals surface area contributed by atoms with Gasteiger partial charge in [-0.15, -0.1) is 0 Å². The molecule has 3 N–H and O–H groups in total. The minimum absolute atomic E-state index is 0.0287. The Bertz CT molecular complexity index is 1020. The average molecular weight is 475 g/mol. The lowest BCUT2D eigenvalue weighted by Gasteiger charge is -2.25. The van der Waals surface area contributed by atoms with Crippen LogP contribution in [0.4, 0.5) is 9.59 Å². The van der Waals surface area contributed by atoms with Crippen LogP contribution in [0.2, 0.25) is 0 Å². The van der Waals surface area contributed by atoms with Crippen molar-refractivity contribution in [2.24, 2.45) is 5.73 Å². The summed E-state index contributed by atoms with van der Waals surface area (Å²) in [6.45, 7) is 1.60. The predicted octanol–water partition coefficient (Wildman–Crippen LogP) is 3.11. The number of hydrogen-bond acceptors (Lipinski definition) is 10. The van der Waals surface area contributed by atoms with Gasteiger partial charge < -0.3 is 34.5 Å². The second-order valence-electron chi connectivity index (χ2n) is 7.11. The van der Waals surface area contributed by atoms with Crippen LogP contribution in [-0.2, 0) is 19.0 Å². The Hall–Kier alpha value is -4.12. The average Bonchev–Trinajstić information content (AvgIpc) is 2.83. The van der Waals surface area contributed by atoms with E-state index in [1.807, 2.05) is 0 Å². The molecule has 0 bridgehead atoms. The molecule has 0 saturated heterocycles. The molecule has 11 heteroatoms. The van der Waals surface area contributed by atoms with Gasteiger partial charge in [0.25, 0.3) is 0 Å². The Morgan fingerprint density at radius 3 is 2.06 bits per heavy atom. The first kappa shape index (κ1) is 26.1. The highest BCUT2D eigenvalue weighted by Crippen LogP contribution is 2.35. The predicted molar refractivity (Wildman–Crippen MR) is 117 cm³/mol. The molecule has 2 unspecified atom stereocenters. The van der Waals surface area contributed by atoms with Gasteiger partial charge in [-0.2, -0.15) is 0 Å². The smallest absolute Gasteiger partial charge is 0.480 e. The third kappa shape index (κ3) is 7.20. The number of carbonyl (C=O) groups excluding carboxylic acids is 3. The zero-order valence-electron chi connectivity index (χ0n) is 18.8. The van der Waals surface area contributed by atoms with Crippen LogP contribution in [0.5, 0.6) is 11.5 Å². The van der Waals surface area contributed by atoms with Crippen LogP contribution in [-0.4, -0.2) is 55.7 Å². The number of ether oxygens (including phenoxy) is 5. The number of carboxylic acid groups (broad SMARTS) is 1. The third-order valence-electron chi connectivity index (χ3n) is 4.74. The molecule has 3 atom stereocenters. The van der Waals surface area contributed by atoms with Gasteiger partial charge in [0.2, 0.25) is 0 Å². The highest BCUT2D eigenvalue weighted by molar-refractivity contribution is 5.89. The molecule has 0 aliphatic carbocycles. The van der Waals surface area contributed by atoms with E-state index in [0.717, 1.165) is 14.2 Å². The van der Waals surface area contributed by atoms with E-state index in [1.165, 1.54) is 18.2 Å². The maximum absolute atomic E-state index is 12.4. The van der Waals surface area contributed by atoms with Crippen LogP contribution in [0.3, 0.4) is 0 Å². The first-order valence-corrected chi connectivity index (χ1v) is 10.1. The van der Waals surface area contributed by atoms with E-state index < -0.39 is 42.3 Å². The molecule has 2 rings (SSSR count). The number of nitrogens with two attached hydrogens (primary N) is 1. The summed E-state index contributed by atoms with van der Waals surface area (Å²) >= 11 is 0. The van der Waals surface area contributed by atoms with Gasteiger partial charge in [0, 0.05) is 5.92 Å². The molecule has 11 nitrogen and oxygen atoms in total. The SMILES string of the molecule is COC(=O)Oc1ccc(C(CC(C)OC(=O)c2ccccc2)[C@H](N)C(=O)O)cc1OC(=O)OC. The fourth-order valence-corrected chi connectivity index (χ4v) is 3.08. The quantitative estimate of drug-likeness (QED) is 0.311. The number of aliphatic carboxylic acids is 1. The minimum atomic E-state index is -1.39. The Kier molecular flexibility index (Phi) is 9.38. The normalized spacial score (nSPS) is 13.1. The summed E-state index contributed by atoms with van der Waals surface area (Å²) in [6.07, 6.45) is -2.86. The standard InChI is InChI=1S/C23H25NO10/c1-13(32-21(27)14-7-5-4-6-8-14)11-16(19(24)20(25)26)15-9-10-17(33-22(28)30-2)18(12-15)34-23(29)31-3/h4-10,12-13,16,19H,11,24H2,1-3H3,(H,25,26)/t13?,16?,19-/m0/s1. The van der Waals surface area contributed by atoms with Crippen molar-refractivity contribution in [3.05, 3.63) is 59.7 Å². The van der Waals surface area contributed by atoms with Crippen LogP contribution in [0.1, 0.15) is 35.2 Å². The summed E-state index contributed by atoms with van der Waals surface area (Å²) < 4.78 is 24.3. The van der Waals surface area contributed by atoms with E-state index >= 15 is 0 Å². The lowest BCUT2D eigenvalue weighted by Crippen LogP contribution is -2.38. The molecule has 0 fully saturated rings. The number of esters is 1. The van der Waals surface area contributed by atoms with Crippen LogP contribution < -0.4 is 15.2 Å². The first-order valence-electron chi connectivity index (χ1n) is 10.1. The summed E-state index contributed by atoms with van der Waals surface area (Å²) in [4.78, 5) is 47.2. The number of hydrogen-bond donors (Lipinski definition) is 2. The summed E-state index contributed by atoms with van der Waals surface area (Å²) in [6, 6.07) is 10.9. The van der Waals surface area contributed by atoms with Gasteiger partial charge in [0.1, 0.15) is 12.1 Å². The van der Waals surface area contributed by atoms with Crippen molar-refractivity contribution in [3.63, 3.8) is 0 Å². The Balaban J connectivity index is 2.34. The number of benzene rings is 2. The third-order valence-corrected chi connectivity index (χ3v) is 4.74. The summed E-state index contributed by atoms with van der Waals surface area (Å²) in [5.41, 5.74) is 6.59. The number of methoxy groups -OCH3 is 2. The molecule has 34 heavy (non-hydrogen) atoms. The van der Waals surface area contributed by atoms with Crippen molar-refractivity contribution in [1.29, 1.82) is 0 Å². The minimum Gasteiger partial charge on any atom is -0.480 e. The molecule has 2 aromatic carbocycles. The van der Waals surface area contributed by atoms with Gasteiger partial charge in [-0.1, -0.05) is 24.3 Å². The topological polar surface area (TPSA) is 161 Å². The summed E-state index contributed by atoms with van der Waals surface area (Å²) in [5.74, 6) is -3.15. The van der Waals surface area contributed by atoms with Crippen molar-refractivity contribution in [1.82, 2.24) is 0 Å². The largest absolute Gasteiger partial charge is 0.513 e. The van der Waals surface area contributed by atoms with E-state index in [-0.39, 0.29) is 17.9 Å². The number of carboxylic acids is 1. The van der Waals surface area contributed by atoms with Gasteiger partial charge in [-0.3, -0.25) is 4.79 Å². The van der Waals surface area contributed by atoms with Gasteiger partial charge in [-0.25, -0.2) is 14.4 Å². The highest BCUT2D eigenvalue weighted by Gasteiger charge is 2.30. The van der Waals surface area contributed by atoms with E-state index in [4.69, 9.17) is 19.9 Å². The Morgan fingerprint density at radius 1 is 0.912 bits per heavy atom. The van der Waals surface area contributed by atoms with Gasteiger partial charge in [0.05, 0.1) is 19.8 Å². The number of rotatable bonds is 9. The zero-order valence-corrected chi connectivity index (χ0v) is 18.8. The maximum Gasteiger partial charge on any atom is 0.513 e. The molecule has 0 aliphatic heterocycles. The summed E-state index contributed by atoms with van der Waals surface area (Å²) in [5, 5.41) is 9.52. The van der Waals surface area contributed by atoms with Crippen molar-refractivity contribution in [3.8, 4) is 11.5 Å². The van der Waals surface area contributed by atoms with E-state index in [0.29, 0.717) is 11.1 Å². The van der Waals surface area contributed by atoms with Crippen molar-refractivity contribution < 1.29 is 48.0 Å². The molecular formula is C23H25NO10. The molecule has 182 valence electrons. The van der Waals surface area contributed by atoms with Crippen molar-refractivity contribution in [2.45, 2.75) is 31.4 Å². The van der Waals surface area contributed by atoms with E-state index in [2.05, 4.69) is 9.47 Å². The fraction of sp³-hybridized carbons (Fsp3) is 0.304. The van der Waals surface area contributed by atoms with Crippen LogP contribution in [0, 0.1) is 0 Å². The molecule has 0 aromatic heterocycles. The second kappa shape index (κ2) is 12.2. The zero-order chi connectivity index (χ0) is 25.3. The Labute approximate surface area is 195 Å². The monoisotopic (exact) mass is 475 g/mol. The molecule has 0 saturated carbocycles. The van der Waals surface area contributed by atoms with Gasteiger partial charge >= 0.3 is 24.2 Å². The second-order valence-corrected chi connectivity index (χ2v) is 7.11. The van der Waals surface area contributed by atoms with Crippen LogP contribution in [0.15, 0.2) is 48.5 Å². The molecule has 0 spiro atoms. The van der Waals surface area contributed by atoms with E-state index in [9.17, 15) is 24.3 Å². The summed E-state index contributed by atoms with van der Waals surface area (Å²) in [7, 11) is 2.18. The first-order chi connectivity index (χ1) is 16.2. The van der Waals surface area contributed by atoms with Crippen LogP contribution >= 0.6 is 0 Å². The van der Waals surface area contributed by atoms with Crippen molar-refractivity contribution in [2.75, 3.05) is 14.2 Å². The lowest BCUT2D eigenvalue weighted by atomic mass is 9.87. The Morgan fingerprint density at radius 2 is 1.50 bits per heavy atom. The van der Waals surface area contributed by atoms with E-state index in [1.54, 1.807) is 37.3 Å². The van der Waals surface area contributed by atoms with Crippen molar-refractivity contribution >= 4 is 24.2 Å². The fourth-order valence-electron chi connectivity index (χ4n) is 3.08. The maximum atomic E-state index is 12.4.